The first-order chi connectivity index (χ1) is 13.2. The Kier molecular flexibility index (Phi) is 4.03. The molecule has 0 amide bonds. The molecule has 142 valence electrons. The Labute approximate surface area is 159 Å². The molecule has 4 aromatic rings. The van der Waals surface area contributed by atoms with Crippen molar-refractivity contribution in [2.24, 2.45) is 0 Å². The fourth-order valence-corrected chi connectivity index (χ4v) is 3.08. The molecule has 3 heterocycles. The van der Waals surface area contributed by atoms with Crippen LogP contribution >= 0.6 is 0 Å². The van der Waals surface area contributed by atoms with Gasteiger partial charge in [-0.1, -0.05) is 6.07 Å². The van der Waals surface area contributed by atoms with Crippen LogP contribution in [0, 0.1) is 5.82 Å². The van der Waals surface area contributed by atoms with Gasteiger partial charge in [0.15, 0.2) is 0 Å². The van der Waals surface area contributed by atoms with Crippen LogP contribution < -0.4 is 5.56 Å². The normalized spacial score (nSPS) is 11.9. The van der Waals surface area contributed by atoms with Crippen molar-refractivity contribution in [1.29, 1.82) is 0 Å². The van der Waals surface area contributed by atoms with E-state index in [4.69, 9.17) is 4.74 Å². The van der Waals surface area contributed by atoms with Crippen LogP contribution in [0.15, 0.2) is 53.5 Å². The maximum absolute atomic E-state index is 13.7. The molecule has 0 aliphatic heterocycles. The Morgan fingerprint density at radius 2 is 1.89 bits per heavy atom. The number of H-pyrrole nitrogens is 1. The minimum Gasteiger partial charge on any atom is -0.443 e. The third-order valence-electron chi connectivity index (χ3n) is 4.22. The molecule has 6 nitrogen and oxygen atoms in total. The van der Waals surface area contributed by atoms with E-state index in [1.807, 2.05) is 0 Å². The van der Waals surface area contributed by atoms with Crippen LogP contribution in [0.5, 0.6) is 0 Å². The standard InChI is InChI=1S/C21H18FN3O3/c1-21(2,3)28-20(27)25-16-7-5-14(22)10-13(16)11-17(25)15-6-4-12-8-9-23-19(26)18(12)24-15/h4-11H,1-3H3,(H,23,26). The summed E-state index contributed by atoms with van der Waals surface area (Å²) in [6.07, 6.45) is 0.944. The second kappa shape index (κ2) is 6.30. The zero-order valence-electron chi connectivity index (χ0n) is 15.6. The molecule has 0 aliphatic rings. The molecule has 0 spiro atoms. The van der Waals surface area contributed by atoms with E-state index >= 15 is 0 Å². The van der Waals surface area contributed by atoms with Crippen molar-refractivity contribution in [2.75, 3.05) is 0 Å². The molecule has 0 fully saturated rings. The van der Waals surface area contributed by atoms with Gasteiger partial charge in [-0.2, -0.15) is 0 Å². The van der Waals surface area contributed by atoms with Crippen LogP contribution in [-0.4, -0.2) is 26.2 Å². The lowest BCUT2D eigenvalue weighted by molar-refractivity contribution is 0.0547. The Balaban J connectivity index is 1.98. The topological polar surface area (TPSA) is 77.0 Å². The minimum absolute atomic E-state index is 0.257. The highest BCUT2D eigenvalue weighted by Gasteiger charge is 2.23. The molecular formula is C21H18FN3O3. The molecule has 0 aliphatic carbocycles. The summed E-state index contributed by atoms with van der Waals surface area (Å²) in [6, 6.07) is 11.0. The Morgan fingerprint density at radius 1 is 1.11 bits per heavy atom. The third kappa shape index (κ3) is 3.15. The highest BCUT2D eigenvalue weighted by Crippen LogP contribution is 2.29. The first kappa shape index (κ1) is 17.9. The van der Waals surface area contributed by atoms with Gasteiger partial charge in [-0.3, -0.25) is 4.79 Å². The number of benzene rings is 1. The van der Waals surface area contributed by atoms with Crippen molar-refractivity contribution in [1.82, 2.24) is 14.5 Å². The number of pyridine rings is 2. The Morgan fingerprint density at radius 3 is 2.64 bits per heavy atom. The molecule has 1 N–H and O–H groups in total. The number of aromatic nitrogens is 3. The minimum atomic E-state index is -0.709. The van der Waals surface area contributed by atoms with E-state index in [0.717, 1.165) is 0 Å². The summed E-state index contributed by atoms with van der Waals surface area (Å²) in [5.41, 5.74) is 0.539. The number of carbonyl (C=O) groups excluding carboxylic acids is 1. The second-order valence-corrected chi connectivity index (χ2v) is 7.49. The number of nitrogens with zero attached hydrogens (tertiary/aromatic N) is 2. The highest BCUT2D eigenvalue weighted by atomic mass is 19.1. The van der Waals surface area contributed by atoms with Crippen molar-refractivity contribution in [3.05, 3.63) is 64.8 Å². The first-order valence-corrected chi connectivity index (χ1v) is 8.76. The average molecular weight is 379 g/mol. The molecule has 3 aromatic heterocycles. The van der Waals surface area contributed by atoms with E-state index < -0.39 is 17.5 Å². The van der Waals surface area contributed by atoms with Crippen LogP contribution in [0.25, 0.3) is 33.2 Å². The van der Waals surface area contributed by atoms with Gasteiger partial charge in [0.1, 0.15) is 16.9 Å². The van der Waals surface area contributed by atoms with Gasteiger partial charge in [-0.25, -0.2) is 18.7 Å². The van der Waals surface area contributed by atoms with E-state index in [1.54, 1.807) is 51.2 Å². The zero-order valence-corrected chi connectivity index (χ0v) is 15.6. The number of rotatable bonds is 1. The predicted molar refractivity (Wildman–Crippen MR) is 105 cm³/mol. The summed E-state index contributed by atoms with van der Waals surface area (Å²) in [5, 5.41) is 1.21. The summed E-state index contributed by atoms with van der Waals surface area (Å²) >= 11 is 0. The van der Waals surface area contributed by atoms with Gasteiger partial charge in [-0.15, -0.1) is 0 Å². The van der Waals surface area contributed by atoms with Crippen molar-refractivity contribution in [2.45, 2.75) is 26.4 Å². The summed E-state index contributed by atoms with van der Waals surface area (Å²) in [5.74, 6) is -0.414. The number of hydrogen-bond acceptors (Lipinski definition) is 4. The van der Waals surface area contributed by atoms with Crippen LogP contribution in [0.4, 0.5) is 9.18 Å². The number of fused-ring (bicyclic) bond motifs is 2. The number of halogens is 1. The molecule has 0 saturated carbocycles. The number of hydrogen-bond donors (Lipinski definition) is 1. The lowest BCUT2D eigenvalue weighted by Gasteiger charge is -2.21. The number of carbonyl (C=O) groups is 1. The van der Waals surface area contributed by atoms with Gasteiger partial charge in [0, 0.05) is 17.0 Å². The number of nitrogens with one attached hydrogen (secondary N) is 1. The van der Waals surface area contributed by atoms with Crippen molar-refractivity contribution >= 4 is 27.9 Å². The van der Waals surface area contributed by atoms with Gasteiger partial charge in [-0.05, 0) is 57.2 Å². The van der Waals surface area contributed by atoms with Gasteiger partial charge in [0.25, 0.3) is 5.56 Å². The van der Waals surface area contributed by atoms with Gasteiger partial charge < -0.3 is 9.72 Å². The smallest absolute Gasteiger partial charge is 0.419 e. The summed E-state index contributed by atoms with van der Waals surface area (Å²) in [7, 11) is 0. The maximum atomic E-state index is 13.7. The summed E-state index contributed by atoms with van der Waals surface area (Å²) < 4.78 is 20.6. The van der Waals surface area contributed by atoms with Crippen molar-refractivity contribution in [3.63, 3.8) is 0 Å². The molecule has 0 saturated heterocycles. The largest absolute Gasteiger partial charge is 0.443 e. The van der Waals surface area contributed by atoms with E-state index in [-0.39, 0.29) is 11.1 Å². The van der Waals surface area contributed by atoms with E-state index in [2.05, 4.69) is 9.97 Å². The molecule has 4 rings (SSSR count). The predicted octanol–water partition coefficient (Wildman–Crippen LogP) is 4.47. The monoisotopic (exact) mass is 379 g/mol. The van der Waals surface area contributed by atoms with Gasteiger partial charge >= 0.3 is 6.09 Å². The first-order valence-electron chi connectivity index (χ1n) is 8.76. The van der Waals surface area contributed by atoms with Gasteiger partial charge in [0.2, 0.25) is 0 Å². The van der Waals surface area contributed by atoms with E-state index in [0.29, 0.717) is 27.7 Å². The number of ether oxygens (including phenoxy) is 1. The molecule has 0 bridgehead atoms. The SMILES string of the molecule is CC(C)(C)OC(=O)n1c(-c2ccc3cc[nH]c(=O)c3n2)cc2cc(F)ccc21. The highest BCUT2D eigenvalue weighted by molar-refractivity contribution is 5.96. The third-order valence-corrected chi connectivity index (χ3v) is 4.22. The van der Waals surface area contributed by atoms with Crippen LogP contribution in [0.1, 0.15) is 20.8 Å². The Bertz CT molecular complexity index is 1280. The summed E-state index contributed by atoms with van der Waals surface area (Å²) in [4.78, 5) is 32.0. The second-order valence-electron chi connectivity index (χ2n) is 7.49. The zero-order chi connectivity index (χ0) is 20.1. The molecular weight excluding hydrogens is 361 g/mol. The lowest BCUT2D eigenvalue weighted by atomic mass is 10.2. The van der Waals surface area contributed by atoms with Gasteiger partial charge in [0.05, 0.1) is 16.9 Å². The Hall–Kier alpha value is -3.48. The van der Waals surface area contributed by atoms with E-state index in [9.17, 15) is 14.0 Å². The fourth-order valence-electron chi connectivity index (χ4n) is 3.08. The molecule has 1 aromatic carbocycles. The quantitative estimate of drug-likeness (QED) is 0.529. The average Bonchev–Trinajstić information content (AvgIpc) is 2.99. The van der Waals surface area contributed by atoms with Crippen LogP contribution in [-0.2, 0) is 4.74 Å². The summed E-state index contributed by atoms with van der Waals surface area (Å²) in [6.45, 7) is 5.30. The fraction of sp³-hybridized carbons (Fsp3) is 0.190. The molecule has 0 atom stereocenters. The molecule has 7 heteroatoms. The number of aromatic amines is 1. The van der Waals surface area contributed by atoms with E-state index in [1.165, 1.54) is 22.8 Å². The van der Waals surface area contributed by atoms with Crippen LogP contribution in [0.3, 0.4) is 0 Å². The molecule has 0 radical (unpaired) electrons. The van der Waals surface area contributed by atoms with Crippen molar-refractivity contribution in [3.8, 4) is 11.4 Å². The van der Waals surface area contributed by atoms with Crippen molar-refractivity contribution < 1.29 is 13.9 Å². The maximum Gasteiger partial charge on any atom is 0.419 e. The molecule has 0 unspecified atom stereocenters. The molecule has 28 heavy (non-hydrogen) atoms. The lowest BCUT2D eigenvalue weighted by Crippen LogP contribution is -2.27. The van der Waals surface area contributed by atoms with Crippen LogP contribution in [0.2, 0.25) is 0 Å².